The van der Waals surface area contributed by atoms with Crippen molar-refractivity contribution in [3.63, 3.8) is 0 Å². The van der Waals surface area contributed by atoms with Crippen molar-refractivity contribution in [2.75, 3.05) is 20.6 Å². The first kappa shape index (κ1) is 12.9. The Balaban J connectivity index is 3.00. The predicted octanol–water partition coefficient (Wildman–Crippen LogP) is 3.20. The maximum atomic E-state index is 9.40. The predicted molar refractivity (Wildman–Crippen MR) is 56.8 cm³/mol. The van der Waals surface area contributed by atoms with Crippen LogP contribution in [-0.2, 0) is 0 Å². The quantitative estimate of drug-likeness (QED) is 0.352. The summed E-state index contributed by atoms with van der Waals surface area (Å²) in [6.07, 6.45) is 9.20. The molecule has 0 aliphatic heterocycles. The molecular weight excluding hydrogens is 162 g/mol. The molecule has 0 fully saturated rings. The average Bonchev–Trinajstić information content (AvgIpc) is 2.01. The Bertz CT molecular complexity index is 107. The number of hydroxylamine groups is 3. The van der Waals surface area contributed by atoms with Gasteiger partial charge in [0.2, 0.25) is 0 Å². The summed E-state index contributed by atoms with van der Waals surface area (Å²) in [6, 6.07) is 0. The zero-order valence-electron chi connectivity index (χ0n) is 9.55. The normalized spacial score (nSPS) is 12.0. The molecule has 0 atom stereocenters. The minimum Gasteiger partial charge on any atom is -0.217 e. The second-order valence-corrected chi connectivity index (χ2v) is 4.47. The van der Waals surface area contributed by atoms with E-state index in [-0.39, 0.29) is 4.65 Å². The van der Waals surface area contributed by atoms with Crippen LogP contribution in [0.25, 0.3) is 0 Å². The lowest BCUT2D eigenvalue weighted by Gasteiger charge is -2.18. The molecule has 0 heterocycles. The Hall–Kier alpha value is -0.0800. The van der Waals surface area contributed by atoms with Crippen LogP contribution in [-0.4, -0.2) is 30.5 Å². The number of nitrogens with zero attached hydrogens (tertiary/aromatic N) is 1. The molecule has 80 valence electrons. The molecule has 0 aromatic carbocycles. The lowest BCUT2D eigenvalue weighted by atomic mass is 10.1. The van der Waals surface area contributed by atoms with Gasteiger partial charge in [0.15, 0.2) is 0 Å². The van der Waals surface area contributed by atoms with E-state index >= 15 is 0 Å². The Morgan fingerprint density at radius 1 is 0.846 bits per heavy atom. The van der Waals surface area contributed by atoms with Crippen LogP contribution in [0.15, 0.2) is 0 Å². The van der Waals surface area contributed by atoms with Gasteiger partial charge in [-0.15, -0.1) is 0 Å². The van der Waals surface area contributed by atoms with Gasteiger partial charge >= 0.3 is 0 Å². The standard InChI is InChI=1S/C11H26NO/c1-4-5-6-7-8-9-10-11-12(2,3)13/h13H,4-11H2,1-3H3/q+1. The van der Waals surface area contributed by atoms with E-state index < -0.39 is 0 Å². The monoisotopic (exact) mass is 188 g/mol. The third-order valence-corrected chi connectivity index (χ3v) is 2.31. The third kappa shape index (κ3) is 11.9. The van der Waals surface area contributed by atoms with Gasteiger partial charge in [0.25, 0.3) is 0 Å². The van der Waals surface area contributed by atoms with Crippen LogP contribution in [0, 0.1) is 0 Å². The molecule has 0 aliphatic rings. The van der Waals surface area contributed by atoms with E-state index in [1.54, 1.807) is 0 Å². The van der Waals surface area contributed by atoms with Crippen LogP contribution in [0.2, 0.25) is 0 Å². The summed E-state index contributed by atoms with van der Waals surface area (Å²) in [5.74, 6) is 0. The fourth-order valence-corrected chi connectivity index (χ4v) is 1.46. The Morgan fingerprint density at radius 3 is 1.77 bits per heavy atom. The van der Waals surface area contributed by atoms with Crippen molar-refractivity contribution in [1.82, 2.24) is 0 Å². The fraction of sp³-hybridized carbons (Fsp3) is 1.00. The van der Waals surface area contributed by atoms with E-state index in [1.807, 2.05) is 14.1 Å². The highest BCUT2D eigenvalue weighted by Gasteiger charge is 2.08. The van der Waals surface area contributed by atoms with Crippen molar-refractivity contribution in [2.24, 2.45) is 0 Å². The van der Waals surface area contributed by atoms with E-state index in [0.717, 1.165) is 13.0 Å². The molecule has 0 aromatic heterocycles. The minimum absolute atomic E-state index is 0.120. The number of quaternary nitrogens is 1. The molecule has 0 aromatic rings. The van der Waals surface area contributed by atoms with E-state index in [1.165, 1.54) is 38.5 Å². The van der Waals surface area contributed by atoms with E-state index in [4.69, 9.17) is 0 Å². The first-order valence-electron chi connectivity index (χ1n) is 5.62. The van der Waals surface area contributed by atoms with Crippen molar-refractivity contribution in [1.29, 1.82) is 0 Å². The second-order valence-electron chi connectivity index (χ2n) is 4.47. The summed E-state index contributed by atoms with van der Waals surface area (Å²) >= 11 is 0. The Labute approximate surface area is 83.1 Å². The van der Waals surface area contributed by atoms with Gasteiger partial charge in [0.1, 0.15) is 6.54 Å². The molecule has 0 spiro atoms. The molecular formula is C11H26NO+. The topological polar surface area (TPSA) is 20.2 Å². The molecule has 0 amide bonds. The first-order valence-corrected chi connectivity index (χ1v) is 5.62. The summed E-state index contributed by atoms with van der Waals surface area (Å²) in [7, 11) is 3.66. The van der Waals surface area contributed by atoms with E-state index in [2.05, 4.69) is 6.92 Å². The molecule has 0 unspecified atom stereocenters. The Morgan fingerprint density at radius 2 is 1.31 bits per heavy atom. The number of hydrogen-bond acceptors (Lipinski definition) is 1. The molecule has 13 heavy (non-hydrogen) atoms. The lowest BCUT2D eigenvalue weighted by Crippen LogP contribution is -2.36. The highest BCUT2D eigenvalue weighted by Crippen LogP contribution is 2.07. The molecule has 0 radical (unpaired) electrons. The zero-order chi connectivity index (χ0) is 10.2. The van der Waals surface area contributed by atoms with Crippen molar-refractivity contribution >= 4 is 0 Å². The molecule has 1 N–H and O–H groups in total. The highest BCUT2D eigenvalue weighted by atomic mass is 16.5. The average molecular weight is 188 g/mol. The van der Waals surface area contributed by atoms with Gasteiger partial charge in [-0.3, -0.25) is 0 Å². The SMILES string of the molecule is CCCCCCCCC[N+](C)(C)O. The molecule has 0 saturated heterocycles. The van der Waals surface area contributed by atoms with E-state index in [9.17, 15) is 5.21 Å². The molecule has 2 nitrogen and oxygen atoms in total. The summed E-state index contributed by atoms with van der Waals surface area (Å²) in [5, 5.41) is 9.40. The maximum Gasteiger partial charge on any atom is 0.108 e. The highest BCUT2D eigenvalue weighted by molar-refractivity contribution is 4.43. The molecule has 0 rings (SSSR count). The molecule has 2 heteroatoms. The van der Waals surface area contributed by atoms with Crippen molar-refractivity contribution < 1.29 is 9.85 Å². The lowest BCUT2D eigenvalue weighted by molar-refractivity contribution is -1.07. The summed E-state index contributed by atoms with van der Waals surface area (Å²) < 4.78 is 0.120. The van der Waals surface area contributed by atoms with Gasteiger partial charge in [0.05, 0.1) is 14.1 Å². The van der Waals surface area contributed by atoms with Gasteiger partial charge in [-0.2, -0.15) is 4.65 Å². The first-order chi connectivity index (χ1) is 6.06. The van der Waals surface area contributed by atoms with Crippen LogP contribution in [0.4, 0.5) is 0 Å². The summed E-state index contributed by atoms with van der Waals surface area (Å²) in [4.78, 5) is 0. The van der Waals surface area contributed by atoms with Gasteiger partial charge in [-0.05, 0) is 12.8 Å². The van der Waals surface area contributed by atoms with Gasteiger partial charge in [-0.1, -0.05) is 39.0 Å². The van der Waals surface area contributed by atoms with Crippen molar-refractivity contribution in [3.8, 4) is 0 Å². The van der Waals surface area contributed by atoms with Gasteiger partial charge in [0, 0.05) is 0 Å². The van der Waals surface area contributed by atoms with Crippen LogP contribution >= 0.6 is 0 Å². The fourth-order valence-electron chi connectivity index (χ4n) is 1.46. The minimum atomic E-state index is 0.120. The maximum absolute atomic E-state index is 9.40. The summed E-state index contributed by atoms with van der Waals surface area (Å²) in [6.45, 7) is 3.12. The van der Waals surface area contributed by atoms with Crippen LogP contribution in [0.1, 0.15) is 51.9 Å². The van der Waals surface area contributed by atoms with Gasteiger partial charge in [-0.25, -0.2) is 5.21 Å². The van der Waals surface area contributed by atoms with Crippen molar-refractivity contribution in [2.45, 2.75) is 51.9 Å². The number of hydrogen-bond donors (Lipinski definition) is 1. The van der Waals surface area contributed by atoms with Crippen LogP contribution < -0.4 is 0 Å². The molecule has 0 aliphatic carbocycles. The largest absolute Gasteiger partial charge is 0.217 e. The number of unbranched alkanes of at least 4 members (excludes halogenated alkanes) is 6. The van der Waals surface area contributed by atoms with E-state index in [0.29, 0.717) is 0 Å². The third-order valence-electron chi connectivity index (χ3n) is 2.31. The second kappa shape index (κ2) is 7.34. The smallest absolute Gasteiger partial charge is 0.108 e. The Kier molecular flexibility index (Phi) is 7.29. The van der Waals surface area contributed by atoms with Gasteiger partial charge < -0.3 is 0 Å². The zero-order valence-corrected chi connectivity index (χ0v) is 9.55. The number of rotatable bonds is 8. The molecule has 0 bridgehead atoms. The van der Waals surface area contributed by atoms with Crippen molar-refractivity contribution in [3.05, 3.63) is 0 Å². The molecule has 0 saturated carbocycles. The van der Waals surface area contributed by atoms with Crippen LogP contribution in [0.3, 0.4) is 0 Å². The van der Waals surface area contributed by atoms with Crippen LogP contribution in [0.5, 0.6) is 0 Å². The summed E-state index contributed by atoms with van der Waals surface area (Å²) in [5.41, 5.74) is 0.